The molecule has 1 fully saturated rings. The van der Waals surface area contributed by atoms with Gasteiger partial charge >= 0.3 is 0 Å². The number of nitrogens with one attached hydrogen (secondary N) is 2. The quantitative estimate of drug-likeness (QED) is 0.845. The number of aromatic nitrogens is 1. The summed E-state index contributed by atoms with van der Waals surface area (Å²) in [6.45, 7) is 7.27. The van der Waals surface area contributed by atoms with Gasteiger partial charge in [-0.3, -0.25) is 14.7 Å². The van der Waals surface area contributed by atoms with E-state index in [1.807, 2.05) is 37.3 Å². The van der Waals surface area contributed by atoms with Gasteiger partial charge in [0.05, 0.1) is 24.5 Å². The number of hydrogen-bond donors (Lipinski definition) is 2. The third-order valence-electron chi connectivity index (χ3n) is 4.25. The summed E-state index contributed by atoms with van der Waals surface area (Å²) in [5, 5.41) is 6.27. The van der Waals surface area contributed by atoms with Crippen molar-refractivity contribution >= 4 is 17.3 Å². The predicted molar refractivity (Wildman–Crippen MR) is 99.1 cm³/mol. The molecule has 2 N–H and O–H groups in total. The van der Waals surface area contributed by atoms with Gasteiger partial charge in [-0.15, -0.1) is 0 Å². The molecule has 0 atom stereocenters. The van der Waals surface area contributed by atoms with E-state index in [1.54, 1.807) is 12.4 Å². The fourth-order valence-electron chi connectivity index (χ4n) is 2.75. The average molecular weight is 340 g/mol. The van der Waals surface area contributed by atoms with Crippen molar-refractivity contribution in [3.8, 4) is 0 Å². The molecule has 1 aromatic carbocycles. The van der Waals surface area contributed by atoms with Gasteiger partial charge in [-0.25, -0.2) is 0 Å². The van der Waals surface area contributed by atoms with Crippen molar-refractivity contribution in [1.82, 2.24) is 9.88 Å². The first-order valence-electron chi connectivity index (χ1n) is 8.58. The van der Waals surface area contributed by atoms with Crippen LogP contribution >= 0.6 is 0 Å². The number of aryl methyl sites for hydroxylation is 1. The molecule has 132 valence electrons. The van der Waals surface area contributed by atoms with Crippen LogP contribution in [0.4, 0.5) is 11.4 Å². The largest absolute Gasteiger partial charge is 0.382 e. The lowest BCUT2D eigenvalue weighted by molar-refractivity contribution is 0.0398. The van der Waals surface area contributed by atoms with Gasteiger partial charge in [0.2, 0.25) is 0 Å². The first-order chi connectivity index (χ1) is 12.2. The second-order valence-electron chi connectivity index (χ2n) is 6.11. The fourth-order valence-corrected chi connectivity index (χ4v) is 2.75. The highest BCUT2D eigenvalue weighted by Gasteiger charge is 2.11. The van der Waals surface area contributed by atoms with Crippen molar-refractivity contribution < 1.29 is 9.53 Å². The number of benzene rings is 1. The van der Waals surface area contributed by atoms with Gasteiger partial charge < -0.3 is 15.4 Å². The Labute approximate surface area is 148 Å². The van der Waals surface area contributed by atoms with Crippen molar-refractivity contribution in [3.63, 3.8) is 0 Å². The summed E-state index contributed by atoms with van der Waals surface area (Å²) in [6.07, 6.45) is 3.32. The van der Waals surface area contributed by atoms with Crippen LogP contribution in [0.2, 0.25) is 0 Å². The number of carbonyl (C=O) groups is 1. The van der Waals surface area contributed by atoms with E-state index in [0.717, 1.165) is 56.3 Å². The lowest BCUT2D eigenvalue weighted by Gasteiger charge is -2.26. The number of hydrogen-bond acceptors (Lipinski definition) is 5. The summed E-state index contributed by atoms with van der Waals surface area (Å²) < 4.78 is 5.35. The number of ether oxygens (including phenoxy) is 1. The number of anilines is 2. The maximum Gasteiger partial charge on any atom is 0.257 e. The molecule has 0 bridgehead atoms. The average Bonchev–Trinajstić information content (AvgIpc) is 2.65. The van der Waals surface area contributed by atoms with Crippen LogP contribution in [0.25, 0.3) is 0 Å². The lowest BCUT2D eigenvalue weighted by Crippen LogP contribution is -2.39. The zero-order valence-corrected chi connectivity index (χ0v) is 14.5. The van der Waals surface area contributed by atoms with Crippen molar-refractivity contribution in [1.29, 1.82) is 0 Å². The van der Waals surface area contributed by atoms with Crippen LogP contribution in [0.1, 0.15) is 15.9 Å². The number of pyridine rings is 1. The van der Waals surface area contributed by atoms with Crippen molar-refractivity contribution in [2.45, 2.75) is 6.92 Å². The Hall–Kier alpha value is -2.44. The van der Waals surface area contributed by atoms with E-state index >= 15 is 0 Å². The molecule has 6 nitrogen and oxygen atoms in total. The topological polar surface area (TPSA) is 66.5 Å². The molecule has 2 aromatic rings. The van der Waals surface area contributed by atoms with Crippen LogP contribution in [0.15, 0.2) is 42.7 Å². The first-order valence-corrected chi connectivity index (χ1v) is 8.58. The van der Waals surface area contributed by atoms with E-state index in [2.05, 4.69) is 20.5 Å². The van der Waals surface area contributed by atoms with Gasteiger partial charge in [0.25, 0.3) is 5.91 Å². The number of rotatable bonds is 6. The van der Waals surface area contributed by atoms with E-state index in [1.165, 1.54) is 0 Å². The third kappa shape index (κ3) is 5.01. The number of amides is 1. The molecule has 0 aliphatic carbocycles. The predicted octanol–water partition coefficient (Wildman–Crippen LogP) is 2.39. The summed E-state index contributed by atoms with van der Waals surface area (Å²) >= 11 is 0. The maximum atomic E-state index is 12.4. The second-order valence-corrected chi connectivity index (χ2v) is 6.11. The Bertz CT molecular complexity index is 714. The molecule has 0 radical (unpaired) electrons. The zero-order valence-electron chi connectivity index (χ0n) is 14.5. The standard InChI is InChI=1S/C19H24N4O2/c1-15-4-2-3-5-18(15)22-19(24)16-12-17(14-20-13-16)21-6-7-23-8-10-25-11-9-23/h2-5,12-14,21H,6-11H2,1H3,(H,22,24). The van der Waals surface area contributed by atoms with Gasteiger partial charge in [-0.2, -0.15) is 0 Å². The Morgan fingerprint density at radius 3 is 2.84 bits per heavy atom. The van der Waals surface area contributed by atoms with Crippen LogP contribution in [0.3, 0.4) is 0 Å². The van der Waals surface area contributed by atoms with Crippen LogP contribution < -0.4 is 10.6 Å². The summed E-state index contributed by atoms with van der Waals surface area (Å²) in [6, 6.07) is 9.55. The molecule has 2 heterocycles. The Morgan fingerprint density at radius 2 is 2.04 bits per heavy atom. The molecule has 6 heteroatoms. The van der Waals surface area contributed by atoms with E-state index in [9.17, 15) is 4.79 Å². The highest BCUT2D eigenvalue weighted by molar-refractivity contribution is 6.04. The van der Waals surface area contributed by atoms with Gasteiger partial charge in [-0.1, -0.05) is 18.2 Å². The molecule has 1 aliphatic rings. The minimum atomic E-state index is -0.154. The SMILES string of the molecule is Cc1ccccc1NC(=O)c1cncc(NCCN2CCOCC2)c1. The molecule has 0 spiro atoms. The van der Waals surface area contributed by atoms with Crippen molar-refractivity contribution in [2.24, 2.45) is 0 Å². The van der Waals surface area contributed by atoms with Crippen LogP contribution in [-0.4, -0.2) is 55.2 Å². The summed E-state index contributed by atoms with van der Waals surface area (Å²) in [7, 11) is 0. The monoisotopic (exact) mass is 340 g/mol. The van der Waals surface area contributed by atoms with Gasteiger partial charge in [-0.05, 0) is 24.6 Å². The second kappa shape index (κ2) is 8.60. The van der Waals surface area contributed by atoms with Crippen molar-refractivity contribution in [3.05, 3.63) is 53.9 Å². The molecule has 1 aromatic heterocycles. The number of nitrogens with zero attached hydrogens (tertiary/aromatic N) is 2. The number of morpholine rings is 1. The molecular weight excluding hydrogens is 316 g/mol. The molecule has 0 unspecified atom stereocenters. The van der Waals surface area contributed by atoms with E-state index < -0.39 is 0 Å². The Balaban J connectivity index is 1.55. The fraction of sp³-hybridized carbons (Fsp3) is 0.368. The smallest absolute Gasteiger partial charge is 0.257 e. The number of para-hydroxylation sites is 1. The molecular formula is C19H24N4O2. The van der Waals surface area contributed by atoms with Gasteiger partial charge in [0, 0.05) is 44.3 Å². The molecule has 1 amide bonds. The van der Waals surface area contributed by atoms with Crippen molar-refractivity contribution in [2.75, 3.05) is 50.0 Å². The molecule has 1 aliphatic heterocycles. The van der Waals surface area contributed by atoms with Crippen LogP contribution in [0, 0.1) is 6.92 Å². The summed E-state index contributed by atoms with van der Waals surface area (Å²) in [5.74, 6) is -0.154. The normalized spacial score (nSPS) is 14.9. The van der Waals surface area contributed by atoms with E-state index in [4.69, 9.17) is 4.74 Å². The van der Waals surface area contributed by atoms with E-state index in [0.29, 0.717) is 5.56 Å². The molecule has 0 saturated carbocycles. The zero-order chi connectivity index (χ0) is 17.5. The van der Waals surface area contributed by atoms with Crippen LogP contribution in [0.5, 0.6) is 0 Å². The van der Waals surface area contributed by atoms with Gasteiger partial charge in [0.15, 0.2) is 0 Å². The summed E-state index contributed by atoms with van der Waals surface area (Å²) in [5.41, 5.74) is 3.24. The Morgan fingerprint density at radius 1 is 1.24 bits per heavy atom. The molecule has 25 heavy (non-hydrogen) atoms. The minimum Gasteiger partial charge on any atom is -0.382 e. The molecule has 3 rings (SSSR count). The number of carbonyl (C=O) groups excluding carboxylic acids is 1. The molecule has 1 saturated heterocycles. The third-order valence-corrected chi connectivity index (χ3v) is 4.25. The van der Waals surface area contributed by atoms with E-state index in [-0.39, 0.29) is 5.91 Å². The maximum absolute atomic E-state index is 12.4. The minimum absolute atomic E-state index is 0.154. The first kappa shape index (κ1) is 17.4. The van der Waals surface area contributed by atoms with Crippen LogP contribution in [-0.2, 0) is 4.74 Å². The highest BCUT2D eigenvalue weighted by Crippen LogP contribution is 2.15. The van der Waals surface area contributed by atoms with Gasteiger partial charge in [0.1, 0.15) is 0 Å². The lowest BCUT2D eigenvalue weighted by atomic mass is 10.2. The Kier molecular flexibility index (Phi) is 5.98. The highest BCUT2D eigenvalue weighted by atomic mass is 16.5. The summed E-state index contributed by atoms with van der Waals surface area (Å²) in [4.78, 5) is 19.0.